The second kappa shape index (κ2) is 3.62. The molecule has 1 saturated heterocycles. The van der Waals surface area contributed by atoms with Crippen LogP contribution < -0.4 is 5.32 Å². The van der Waals surface area contributed by atoms with Crippen LogP contribution in [0.4, 0.5) is 0 Å². The van der Waals surface area contributed by atoms with Crippen molar-refractivity contribution in [2.75, 3.05) is 6.54 Å². The van der Waals surface area contributed by atoms with Crippen molar-refractivity contribution in [1.29, 1.82) is 0 Å². The first-order valence-electron chi connectivity index (χ1n) is 5.47. The van der Waals surface area contributed by atoms with Crippen LogP contribution in [0.5, 0.6) is 0 Å². The Labute approximate surface area is 88.1 Å². The van der Waals surface area contributed by atoms with E-state index in [1.54, 1.807) is 6.20 Å². The Balaban J connectivity index is 2.02. The lowest BCUT2D eigenvalue weighted by Crippen LogP contribution is -2.27. The van der Waals surface area contributed by atoms with Crippen LogP contribution in [0.1, 0.15) is 31.0 Å². The molecule has 0 aromatic carbocycles. The van der Waals surface area contributed by atoms with Crippen molar-refractivity contribution in [1.82, 2.24) is 20.5 Å². The Morgan fingerprint density at radius 1 is 1.33 bits per heavy atom. The van der Waals surface area contributed by atoms with Gasteiger partial charge in [0.2, 0.25) is 0 Å². The van der Waals surface area contributed by atoms with Gasteiger partial charge < -0.3 is 5.32 Å². The lowest BCUT2D eigenvalue weighted by Gasteiger charge is -2.22. The number of rotatable bonds is 1. The minimum absolute atomic E-state index is 0.424. The molecular formula is C11H14N4. The van der Waals surface area contributed by atoms with E-state index in [9.17, 15) is 0 Å². The number of nitrogens with zero attached hydrogens (tertiary/aromatic N) is 2. The molecule has 0 amide bonds. The zero-order chi connectivity index (χ0) is 10.1. The third kappa shape index (κ3) is 1.51. The molecule has 0 aliphatic carbocycles. The molecule has 2 aromatic rings. The summed E-state index contributed by atoms with van der Waals surface area (Å²) in [5.74, 6) is 0. The molecule has 1 unspecified atom stereocenters. The van der Waals surface area contributed by atoms with Gasteiger partial charge in [-0.2, -0.15) is 5.10 Å². The molecule has 1 aliphatic rings. The van der Waals surface area contributed by atoms with Gasteiger partial charge in [0.1, 0.15) is 0 Å². The number of aromatic nitrogens is 3. The minimum atomic E-state index is 0.424. The molecule has 3 heterocycles. The van der Waals surface area contributed by atoms with Crippen molar-refractivity contribution < 1.29 is 0 Å². The zero-order valence-electron chi connectivity index (χ0n) is 8.53. The lowest BCUT2D eigenvalue weighted by molar-refractivity contribution is 0.407. The van der Waals surface area contributed by atoms with E-state index in [2.05, 4.69) is 26.6 Å². The Bertz CT molecular complexity index is 456. The van der Waals surface area contributed by atoms with Gasteiger partial charge in [-0.15, -0.1) is 0 Å². The van der Waals surface area contributed by atoms with Gasteiger partial charge in [0.15, 0.2) is 5.65 Å². The Hall–Kier alpha value is -1.42. The SMILES string of the molecule is c1cnc2n[nH]c(C3CCCCN3)c2c1. The van der Waals surface area contributed by atoms with Crippen molar-refractivity contribution in [2.45, 2.75) is 25.3 Å². The van der Waals surface area contributed by atoms with Crippen molar-refractivity contribution in [3.63, 3.8) is 0 Å². The first-order valence-corrected chi connectivity index (χ1v) is 5.47. The first-order chi connectivity index (χ1) is 7.45. The third-order valence-electron chi connectivity index (χ3n) is 3.02. The summed E-state index contributed by atoms with van der Waals surface area (Å²) in [6.45, 7) is 1.10. The summed E-state index contributed by atoms with van der Waals surface area (Å²) in [6, 6.07) is 4.47. The average molecular weight is 202 g/mol. The number of H-pyrrole nitrogens is 1. The highest BCUT2D eigenvalue weighted by atomic mass is 15.2. The fraction of sp³-hybridized carbons (Fsp3) is 0.455. The van der Waals surface area contributed by atoms with Gasteiger partial charge in [-0.3, -0.25) is 5.10 Å². The van der Waals surface area contributed by atoms with Crippen LogP contribution in [-0.4, -0.2) is 21.7 Å². The molecule has 15 heavy (non-hydrogen) atoms. The maximum Gasteiger partial charge on any atom is 0.181 e. The van der Waals surface area contributed by atoms with Crippen LogP contribution in [0.2, 0.25) is 0 Å². The molecule has 4 nitrogen and oxygen atoms in total. The highest BCUT2D eigenvalue weighted by Gasteiger charge is 2.18. The molecule has 1 atom stereocenters. The van der Waals surface area contributed by atoms with Gasteiger partial charge >= 0.3 is 0 Å². The Kier molecular flexibility index (Phi) is 2.14. The van der Waals surface area contributed by atoms with Gasteiger partial charge in [0.05, 0.1) is 5.69 Å². The molecule has 1 fully saturated rings. The Morgan fingerprint density at radius 2 is 2.33 bits per heavy atom. The number of hydrogen-bond acceptors (Lipinski definition) is 3. The van der Waals surface area contributed by atoms with Crippen LogP contribution in [0.15, 0.2) is 18.3 Å². The number of nitrogens with one attached hydrogen (secondary N) is 2. The number of hydrogen-bond donors (Lipinski definition) is 2. The lowest BCUT2D eigenvalue weighted by atomic mass is 10.0. The average Bonchev–Trinajstić information content (AvgIpc) is 2.74. The molecule has 0 radical (unpaired) electrons. The second-order valence-electron chi connectivity index (χ2n) is 4.01. The van der Waals surface area contributed by atoms with E-state index in [-0.39, 0.29) is 0 Å². The molecule has 3 rings (SSSR count). The monoisotopic (exact) mass is 202 g/mol. The van der Waals surface area contributed by atoms with Crippen molar-refractivity contribution >= 4 is 11.0 Å². The summed E-state index contributed by atoms with van der Waals surface area (Å²) in [6.07, 6.45) is 5.53. The molecule has 0 spiro atoms. The van der Waals surface area contributed by atoms with Crippen molar-refractivity contribution in [2.24, 2.45) is 0 Å². The number of piperidine rings is 1. The van der Waals surface area contributed by atoms with E-state index >= 15 is 0 Å². The maximum atomic E-state index is 4.23. The zero-order valence-corrected chi connectivity index (χ0v) is 8.53. The number of pyridine rings is 1. The molecule has 1 aliphatic heterocycles. The van der Waals surface area contributed by atoms with Crippen molar-refractivity contribution in [3.05, 3.63) is 24.0 Å². The second-order valence-corrected chi connectivity index (χ2v) is 4.01. The van der Waals surface area contributed by atoms with Crippen LogP contribution in [0.25, 0.3) is 11.0 Å². The van der Waals surface area contributed by atoms with E-state index in [4.69, 9.17) is 0 Å². The van der Waals surface area contributed by atoms with Gasteiger partial charge in [0, 0.05) is 17.6 Å². The summed E-state index contributed by atoms with van der Waals surface area (Å²) >= 11 is 0. The Morgan fingerprint density at radius 3 is 3.20 bits per heavy atom. The predicted octanol–water partition coefficient (Wildman–Crippen LogP) is 1.77. The smallest absolute Gasteiger partial charge is 0.181 e. The van der Waals surface area contributed by atoms with E-state index in [1.165, 1.54) is 25.0 Å². The van der Waals surface area contributed by atoms with Crippen LogP contribution in [0.3, 0.4) is 0 Å². The van der Waals surface area contributed by atoms with E-state index in [0.29, 0.717) is 6.04 Å². The largest absolute Gasteiger partial charge is 0.309 e. The van der Waals surface area contributed by atoms with Gasteiger partial charge in [-0.25, -0.2) is 4.98 Å². The number of fused-ring (bicyclic) bond motifs is 1. The summed E-state index contributed by atoms with van der Waals surface area (Å²) in [4.78, 5) is 4.23. The quantitative estimate of drug-likeness (QED) is 0.741. The molecule has 4 heteroatoms. The number of aromatic amines is 1. The maximum absolute atomic E-state index is 4.23. The molecule has 2 aromatic heterocycles. The molecular weight excluding hydrogens is 188 g/mol. The normalized spacial score (nSPS) is 22.0. The topological polar surface area (TPSA) is 53.6 Å². The van der Waals surface area contributed by atoms with Gasteiger partial charge in [0.25, 0.3) is 0 Å². The standard InChI is InChI=1S/C11H14N4/c1-2-6-12-9(5-1)10-8-4-3-7-13-11(8)15-14-10/h3-4,7,9,12H,1-2,5-6H2,(H,13,14,15). The van der Waals surface area contributed by atoms with E-state index < -0.39 is 0 Å². The van der Waals surface area contributed by atoms with Crippen LogP contribution in [-0.2, 0) is 0 Å². The van der Waals surface area contributed by atoms with Crippen LogP contribution >= 0.6 is 0 Å². The molecule has 0 bridgehead atoms. The van der Waals surface area contributed by atoms with Gasteiger partial charge in [-0.05, 0) is 31.5 Å². The molecule has 78 valence electrons. The highest BCUT2D eigenvalue weighted by molar-refractivity contribution is 5.77. The molecule has 2 N–H and O–H groups in total. The summed E-state index contributed by atoms with van der Waals surface area (Å²) in [5, 5.41) is 12.0. The van der Waals surface area contributed by atoms with Gasteiger partial charge in [-0.1, -0.05) is 6.42 Å². The first kappa shape index (κ1) is 8.85. The molecule has 0 saturated carbocycles. The summed E-state index contributed by atoms with van der Waals surface area (Å²) in [5.41, 5.74) is 2.01. The summed E-state index contributed by atoms with van der Waals surface area (Å²) in [7, 11) is 0. The van der Waals surface area contributed by atoms with E-state index in [1.807, 2.05) is 6.07 Å². The predicted molar refractivity (Wildman–Crippen MR) is 58.5 cm³/mol. The van der Waals surface area contributed by atoms with E-state index in [0.717, 1.165) is 17.6 Å². The third-order valence-corrected chi connectivity index (χ3v) is 3.02. The minimum Gasteiger partial charge on any atom is -0.309 e. The van der Waals surface area contributed by atoms with Crippen LogP contribution in [0, 0.1) is 0 Å². The fourth-order valence-electron chi connectivity index (χ4n) is 2.23. The highest BCUT2D eigenvalue weighted by Crippen LogP contribution is 2.26. The fourth-order valence-corrected chi connectivity index (χ4v) is 2.23. The van der Waals surface area contributed by atoms with Crippen molar-refractivity contribution in [3.8, 4) is 0 Å². The summed E-state index contributed by atoms with van der Waals surface area (Å²) < 4.78 is 0.